The molecule has 0 fully saturated rings. The third-order valence-electron chi connectivity index (χ3n) is 4.55. The highest BCUT2D eigenvalue weighted by Gasteiger charge is 2.29. The predicted molar refractivity (Wildman–Crippen MR) is 128 cm³/mol. The van der Waals surface area contributed by atoms with Gasteiger partial charge in [0.2, 0.25) is 0 Å². The van der Waals surface area contributed by atoms with E-state index in [2.05, 4.69) is 26.4 Å². The van der Waals surface area contributed by atoms with Crippen molar-refractivity contribution in [2.24, 2.45) is 10.2 Å². The lowest BCUT2D eigenvalue weighted by atomic mass is 10.0. The molecule has 0 saturated carbocycles. The Morgan fingerprint density at radius 1 is 1.18 bits per heavy atom. The van der Waals surface area contributed by atoms with Gasteiger partial charge in [0.1, 0.15) is 0 Å². The Labute approximate surface area is 195 Å². The molecule has 3 N–H and O–H groups in total. The van der Waals surface area contributed by atoms with E-state index in [4.69, 9.17) is 5.26 Å². The molecule has 2 heterocycles. The number of hydrogen-bond donors (Lipinski definition) is 3. The van der Waals surface area contributed by atoms with Crippen LogP contribution in [0.1, 0.15) is 25.0 Å². The zero-order valence-electron chi connectivity index (χ0n) is 17.9. The van der Waals surface area contributed by atoms with Gasteiger partial charge in [0.25, 0.3) is 11.1 Å². The number of nitrogens with one attached hydrogen (secondary N) is 3. The Balaban J connectivity index is 0.000000968. The third-order valence-corrected chi connectivity index (χ3v) is 6.56. The van der Waals surface area contributed by atoms with Crippen molar-refractivity contribution in [1.82, 2.24) is 5.43 Å². The van der Waals surface area contributed by atoms with Gasteiger partial charge in [-0.3, -0.25) is 15.0 Å². The number of nitrogens with zero attached hydrogens (tertiary/aromatic N) is 3. The highest BCUT2D eigenvalue weighted by atomic mass is 32.2. The van der Waals surface area contributed by atoms with Gasteiger partial charge in [-0.1, -0.05) is 17.8 Å². The van der Waals surface area contributed by atoms with Crippen molar-refractivity contribution in [2.75, 3.05) is 17.0 Å². The number of carbonyl (C=O) groups is 2. The molecule has 0 aromatic heterocycles. The second kappa shape index (κ2) is 9.85. The fourth-order valence-electron chi connectivity index (χ4n) is 3.06. The third kappa shape index (κ3) is 5.57. The summed E-state index contributed by atoms with van der Waals surface area (Å²) >= 11 is 1.14. The Morgan fingerprint density at radius 3 is 2.45 bits per heavy atom. The van der Waals surface area contributed by atoms with Crippen molar-refractivity contribution in [3.05, 3.63) is 53.6 Å². The van der Waals surface area contributed by atoms with Crippen LogP contribution in [0.25, 0.3) is 0 Å². The van der Waals surface area contributed by atoms with Gasteiger partial charge < -0.3 is 5.32 Å². The topological polar surface area (TPSA) is 153 Å². The molecule has 0 aliphatic carbocycles. The van der Waals surface area contributed by atoms with Gasteiger partial charge in [-0.25, -0.2) is 13.8 Å². The molecule has 0 bridgehead atoms. The molecule has 12 heteroatoms. The normalized spacial score (nSPS) is 18.2. The summed E-state index contributed by atoms with van der Waals surface area (Å²) in [4.78, 5) is 24.0. The molecule has 170 valence electrons. The van der Waals surface area contributed by atoms with E-state index in [0.717, 1.165) is 23.6 Å². The monoisotopic (exact) mass is 484 g/mol. The van der Waals surface area contributed by atoms with Gasteiger partial charge >= 0.3 is 0 Å². The fraction of sp³-hybridized carbons (Fsp3) is 0.190. The first-order valence-electron chi connectivity index (χ1n) is 9.59. The van der Waals surface area contributed by atoms with Gasteiger partial charge in [0.15, 0.2) is 15.5 Å². The number of fused-ring (bicyclic) bond motifs is 1. The highest BCUT2D eigenvalue weighted by Crippen LogP contribution is 2.28. The van der Waals surface area contributed by atoms with E-state index in [9.17, 15) is 18.0 Å². The van der Waals surface area contributed by atoms with Crippen LogP contribution < -0.4 is 16.2 Å². The van der Waals surface area contributed by atoms with Crippen molar-refractivity contribution in [3.63, 3.8) is 0 Å². The van der Waals surface area contributed by atoms with Crippen molar-refractivity contribution in [3.8, 4) is 6.07 Å². The van der Waals surface area contributed by atoms with E-state index in [0.29, 0.717) is 22.6 Å². The molecule has 2 aromatic rings. The van der Waals surface area contributed by atoms with E-state index in [1.54, 1.807) is 30.3 Å². The molecule has 10 nitrogen and oxygen atoms in total. The number of carbonyl (C=O) groups excluding carboxylic acids is 2. The number of anilines is 2. The van der Waals surface area contributed by atoms with E-state index in [-0.39, 0.29) is 27.0 Å². The number of benzene rings is 2. The van der Waals surface area contributed by atoms with Gasteiger partial charge in [-0.05, 0) is 48.9 Å². The van der Waals surface area contributed by atoms with E-state index >= 15 is 0 Å². The average molecular weight is 485 g/mol. The quantitative estimate of drug-likeness (QED) is 0.564. The van der Waals surface area contributed by atoms with Crippen molar-refractivity contribution >= 4 is 55.5 Å². The Bertz CT molecular complexity index is 1310. The zero-order chi connectivity index (χ0) is 24.2. The zero-order valence-corrected chi connectivity index (χ0v) is 19.5. The number of hydrazone groups is 2. The molecule has 1 atom stereocenters. The Hall–Kier alpha value is -3.69. The smallest absolute Gasteiger partial charge is 0.299 e. The van der Waals surface area contributed by atoms with E-state index in [1.807, 2.05) is 13.0 Å². The van der Waals surface area contributed by atoms with Crippen LogP contribution in [0.2, 0.25) is 0 Å². The molecule has 2 amide bonds. The van der Waals surface area contributed by atoms with Gasteiger partial charge in [0, 0.05) is 18.7 Å². The largest absolute Gasteiger partial charge is 0.320 e. The fourth-order valence-corrected chi connectivity index (χ4v) is 4.41. The molecule has 0 saturated heterocycles. The molecule has 4 rings (SSSR count). The van der Waals surface area contributed by atoms with Crippen LogP contribution in [0, 0.1) is 11.3 Å². The van der Waals surface area contributed by atoms with Gasteiger partial charge in [0.05, 0.1) is 33.3 Å². The summed E-state index contributed by atoms with van der Waals surface area (Å²) in [5.74, 6) is -0.358. The van der Waals surface area contributed by atoms with E-state index in [1.165, 1.54) is 19.1 Å². The number of thioether (sulfide) groups is 1. The molecule has 0 spiro atoms. The number of hydrogen-bond acceptors (Lipinski definition) is 9. The second-order valence-electron chi connectivity index (χ2n) is 6.96. The summed E-state index contributed by atoms with van der Waals surface area (Å²) in [6.45, 7) is 3.32. The lowest BCUT2D eigenvalue weighted by Crippen LogP contribution is -2.29. The summed E-state index contributed by atoms with van der Waals surface area (Å²) in [7, 11) is -3.29. The van der Waals surface area contributed by atoms with E-state index < -0.39 is 9.84 Å². The molecule has 2 aliphatic rings. The molecule has 33 heavy (non-hydrogen) atoms. The van der Waals surface area contributed by atoms with Crippen molar-refractivity contribution < 1.29 is 18.0 Å². The first kappa shape index (κ1) is 24.0. The summed E-state index contributed by atoms with van der Waals surface area (Å²) in [5.41, 5.74) is 8.68. The van der Waals surface area contributed by atoms with Crippen molar-refractivity contribution in [1.29, 1.82) is 5.26 Å². The molecule has 2 aliphatic heterocycles. The molecule has 2 aromatic carbocycles. The highest BCUT2D eigenvalue weighted by molar-refractivity contribution is 8.14. The van der Waals surface area contributed by atoms with Gasteiger partial charge in [-0.15, -0.1) is 0 Å². The maximum atomic E-state index is 12.4. The summed E-state index contributed by atoms with van der Waals surface area (Å²) in [6, 6.07) is 13.2. The summed E-state index contributed by atoms with van der Waals surface area (Å²) in [5, 5.41) is 18.1. The second-order valence-corrected chi connectivity index (χ2v) is 10.3. The van der Waals surface area contributed by atoms with Crippen LogP contribution in [0.4, 0.5) is 16.2 Å². The molecule has 0 radical (unpaired) electrons. The maximum Gasteiger partial charge on any atom is 0.299 e. The minimum absolute atomic E-state index is 0.131. The lowest BCUT2D eigenvalue weighted by molar-refractivity contribution is -0.110. The van der Waals surface area contributed by atoms with Crippen LogP contribution >= 0.6 is 11.8 Å². The van der Waals surface area contributed by atoms with Gasteiger partial charge in [-0.2, -0.15) is 15.5 Å². The van der Waals surface area contributed by atoms with Crippen LogP contribution in [0.3, 0.4) is 0 Å². The van der Waals surface area contributed by atoms with Crippen LogP contribution in [-0.4, -0.2) is 42.5 Å². The summed E-state index contributed by atoms with van der Waals surface area (Å²) < 4.78 is 23.1. The van der Waals surface area contributed by atoms with Crippen LogP contribution in [-0.2, 0) is 14.6 Å². The Morgan fingerprint density at radius 2 is 1.85 bits per heavy atom. The maximum absolute atomic E-state index is 12.4. The first-order chi connectivity index (χ1) is 15.6. The lowest BCUT2D eigenvalue weighted by Gasteiger charge is -2.18. The number of rotatable bonds is 4. The number of sulfone groups is 1. The number of nitriles is 1. The molecule has 1 unspecified atom stereocenters. The SMILES string of the molecule is CC#N.CC1SC(=O)NN=C1c1ccc2c(c1)C(=NNc1ccc(S(C)(=O)=O)cc1)C(=O)N2. The summed E-state index contributed by atoms with van der Waals surface area (Å²) in [6.07, 6.45) is 1.13. The van der Waals surface area contributed by atoms with Crippen LogP contribution in [0.5, 0.6) is 0 Å². The minimum atomic E-state index is -3.29. The van der Waals surface area contributed by atoms with Crippen molar-refractivity contribution in [2.45, 2.75) is 24.0 Å². The molecular formula is C21H20N6O4S2. The Kier molecular flexibility index (Phi) is 7.15. The minimum Gasteiger partial charge on any atom is -0.320 e. The average Bonchev–Trinajstić information content (AvgIpc) is 3.06. The predicted octanol–water partition coefficient (Wildman–Crippen LogP) is 2.94. The van der Waals surface area contributed by atoms with Crippen LogP contribution in [0.15, 0.2) is 57.6 Å². The molecular weight excluding hydrogens is 464 g/mol. The first-order valence-corrected chi connectivity index (χ1v) is 12.4. The standard InChI is InChI=1S/C19H17N5O4S2.C2H3N/c1-10-16(22-24-19(26)29-10)11-3-8-15-14(9-11)17(18(25)20-15)23-21-12-4-6-13(7-5-12)30(2,27)28;1-2-3/h3-10,21H,1-2H3,(H,24,26)(H,20,23,25);1H3. The number of amides is 2.